The summed E-state index contributed by atoms with van der Waals surface area (Å²) in [5.74, 6) is -0.862. The topological polar surface area (TPSA) is 64.0 Å². The minimum atomic E-state index is -4.77. The van der Waals surface area contributed by atoms with Crippen molar-refractivity contribution in [3.05, 3.63) is 54.4 Å². The number of carbonyl (C=O) groups excluding carboxylic acids is 1. The molecule has 0 bridgehead atoms. The Labute approximate surface area is 146 Å². The van der Waals surface area contributed by atoms with Crippen molar-refractivity contribution in [2.24, 2.45) is 5.10 Å². The fourth-order valence-corrected chi connectivity index (χ4v) is 2.56. The van der Waals surface area contributed by atoms with Crippen LogP contribution in [0, 0.1) is 0 Å². The molecular formula is C17H14F3N3O3. The van der Waals surface area contributed by atoms with Gasteiger partial charge in [-0.25, -0.2) is 4.79 Å². The maximum absolute atomic E-state index is 12.3. The molecular weight excluding hydrogens is 351 g/mol. The van der Waals surface area contributed by atoms with Gasteiger partial charge in [-0.2, -0.15) is 5.10 Å². The van der Waals surface area contributed by atoms with Crippen LogP contribution in [0.4, 0.5) is 18.9 Å². The second kappa shape index (κ2) is 7.03. The van der Waals surface area contributed by atoms with Crippen LogP contribution in [-0.2, 0) is 9.53 Å². The summed E-state index contributed by atoms with van der Waals surface area (Å²) < 4.78 is 45.5. The normalized spacial score (nSPS) is 17.0. The first-order valence-electron chi connectivity index (χ1n) is 7.59. The van der Waals surface area contributed by atoms with Crippen molar-refractivity contribution in [2.45, 2.75) is 18.8 Å². The van der Waals surface area contributed by atoms with Gasteiger partial charge in [0.2, 0.25) is 0 Å². The molecule has 0 saturated heterocycles. The minimum Gasteiger partial charge on any atom is -0.467 e. The van der Waals surface area contributed by atoms with Crippen LogP contribution in [0.5, 0.6) is 5.75 Å². The maximum atomic E-state index is 12.3. The van der Waals surface area contributed by atoms with Crippen molar-refractivity contribution in [3.63, 3.8) is 0 Å². The van der Waals surface area contributed by atoms with Crippen molar-refractivity contribution in [1.29, 1.82) is 0 Å². The Morgan fingerprint density at radius 3 is 2.50 bits per heavy atom. The molecule has 26 heavy (non-hydrogen) atoms. The lowest BCUT2D eigenvalue weighted by Crippen LogP contribution is -2.35. The molecule has 0 fully saturated rings. The Bertz CT molecular complexity index is 807. The Morgan fingerprint density at radius 1 is 1.19 bits per heavy atom. The molecule has 0 saturated carbocycles. The molecule has 1 aliphatic heterocycles. The van der Waals surface area contributed by atoms with Crippen molar-refractivity contribution in [3.8, 4) is 5.75 Å². The number of carbonyl (C=O) groups is 1. The fraction of sp³-hybridized carbons (Fsp3) is 0.235. The van der Waals surface area contributed by atoms with Crippen LogP contribution < -0.4 is 9.75 Å². The number of methoxy groups -OCH3 is 1. The number of aromatic nitrogens is 1. The lowest BCUT2D eigenvalue weighted by Gasteiger charge is -2.21. The Balaban J connectivity index is 1.89. The Morgan fingerprint density at radius 2 is 1.92 bits per heavy atom. The molecule has 136 valence electrons. The molecule has 1 atom stereocenters. The van der Waals surface area contributed by atoms with Gasteiger partial charge in [-0.1, -0.05) is 6.07 Å². The minimum absolute atomic E-state index is 0.268. The van der Waals surface area contributed by atoms with E-state index in [1.165, 1.54) is 24.3 Å². The predicted molar refractivity (Wildman–Crippen MR) is 86.8 cm³/mol. The molecule has 0 aliphatic carbocycles. The zero-order valence-corrected chi connectivity index (χ0v) is 13.6. The first-order valence-corrected chi connectivity index (χ1v) is 7.59. The molecule has 0 N–H and O–H groups in total. The van der Waals surface area contributed by atoms with Crippen molar-refractivity contribution in [1.82, 2.24) is 4.98 Å². The van der Waals surface area contributed by atoms with Gasteiger partial charge in [0.15, 0.2) is 6.04 Å². The molecule has 2 aromatic rings. The number of benzene rings is 1. The predicted octanol–water partition coefficient (Wildman–Crippen LogP) is 3.14. The van der Waals surface area contributed by atoms with E-state index >= 15 is 0 Å². The van der Waals surface area contributed by atoms with Crippen molar-refractivity contribution in [2.75, 3.05) is 12.1 Å². The number of ether oxygens (including phenoxy) is 2. The van der Waals surface area contributed by atoms with Crippen LogP contribution >= 0.6 is 0 Å². The largest absolute Gasteiger partial charge is 0.573 e. The fourth-order valence-electron chi connectivity index (χ4n) is 2.56. The number of esters is 1. The summed E-state index contributed by atoms with van der Waals surface area (Å²) in [5, 5.41) is 5.82. The molecule has 1 aliphatic rings. The highest BCUT2D eigenvalue weighted by Crippen LogP contribution is 2.30. The van der Waals surface area contributed by atoms with Crippen LogP contribution in [0.15, 0.2) is 53.8 Å². The second-order valence-electron chi connectivity index (χ2n) is 5.39. The first kappa shape index (κ1) is 17.7. The quantitative estimate of drug-likeness (QED) is 0.779. The van der Waals surface area contributed by atoms with E-state index in [1.54, 1.807) is 24.4 Å². The Kier molecular flexibility index (Phi) is 4.79. The van der Waals surface area contributed by atoms with Gasteiger partial charge >= 0.3 is 12.3 Å². The third-order valence-corrected chi connectivity index (χ3v) is 3.68. The van der Waals surface area contributed by atoms with E-state index in [0.717, 1.165) is 12.1 Å². The first-order chi connectivity index (χ1) is 12.4. The summed E-state index contributed by atoms with van der Waals surface area (Å²) in [7, 11) is 1.26. The van der Waals surface area contributed by atoms with E-state index in [-0.39, 0.29) is 12.2 Å². The lowest BCUT2D eigenvalue weighted by atomic mass is 10.1. The van der Waals surface area contributed by atoms with Gasteiger partial charge in [0.1, 0.15) is 5.75 Å². The number of nitrogens with zero attached hydrogens (tertiary/aromatic N) is 3. The Hall–Kier alpha value is -3.10. The van der Waals surface area contributed by atoms with Crippen LogP contribution in [0.25, 0.3) is 0 Å². The molecule has 1 aromatic carbocycles. The molecule has 3 rings (SSSR count). The van der Waals surface area contributed by atoms with Crippen LogP contribution in [0.2, 0.25) is 0 Å². The third kappa shape index (κ3) is 3.93. The zero-order valence-electron chi connectivity index (χ0n) is 13.6. The van der Waals surface area contributed by atoms with Crippen LogP contribution in [0.3, 0.4) is 0 Å². The monoisotopic (exact) mass is 365 g/mol. The van der Waals surface area contributed by atoms with Gasteiger partial charge in [-0.15, -0.1) is 13.2 Å². The highest BCUT2D eigenvalue weighted by molar-refractivity contribution is 6.05. The van der Waals surface area contributed by atoms with Gasteiger partial charge in [0.05, 0.1) is 24.2 Å². The molecule has 6 nitrogen and oxygen atoms in total. The number of anilines is 1. The van der Waals surface area contributed by atoms with E-state index in [2.05, 4.69) is 14.8 Å². The average molecular weight is 365 g/mol. The number of pyridine rings is 1. The number of hydrazone groups is 1. The molecule has 9 heteroatoms. The number of alkyl halides is 3. The zero-order chi connectivity index (χ0) is 18.7. The summed E-state index contributed by atoms with van der Waals surface area (Å²) in [4.78, 5) is 16.3. The van der Waals surface area contributed by atoms with Crippen LogP contribution in [-0.4, -0.2) is 36.2 Å². The van der Waals surface area contributed by atoms with E-state index in [1.807, 2.05) is 0 Å². The molecule has 1 aromatic heterocycles. The van der Waals surface area contributed by atoms with Gasteiger partial charge < -0.3 is 9.47 Å². The van der Waals surface area contributed by atoms with Gasteiger partial charge in [0, 0.05) is 12.6 Å². The van der Waals surface area contributed by atoms with E-state index in [4.69, 9.17) is 4.74 Å². The standard InChI is InChI=1S/C17H14F3N3O3/c1-25-16(24)15-10-14(13-4-2-3-9-21-13)22-23(15)11-5-7-12(8-6-11)26-17(18,19)20/h2-9,15H,10H2,1H3. The summed E-state index contributed by atoms with van der Waals surface area (Å²) in [6.07, 6.45) is -2.89. The summed E-state index contributed by atoms with van der Waals surface area (Å²) in [6, 6.07) is 9.68. The molecule has 1 unspecified atom stereocenters. The van der Waals surface area contributed by atoms with Crippen molar-refractivity contribution < 1.29 is 27.4 Å². The number of halogens is 3. The van der Waals surface area contributed by atoms with Crippen LogP contribution in [0.1, 0.15) is 12.1 Å². The number of hydrogen-bond donors (Lipinski definition) is 0. The summed E-state index contributed by atoms with van der Waals surface area (Å²) in [6.45, 7) is 0. The molecule has 0 amide bonds. The molecule has 0 radical (unpaired) electrons. The second-order valence-corrected chi connectivity index (χ2v) is 5.39. The SMILES string of the molecule is COC(=O)C1CC(c2ccccn2)=NN1c1ccc(OC(F)(F)F)cc1. The van der Waals surface area contributed by atoms with E-state index in [0.29, 0.717) is 17.1 Å². The summed E-state index contributed by atoms with van der Waals surface area (Å²) >= 11 is 0. The maximum Gasteiger partial charge on any atom is 0.573 e. The highest BCUT2D eigenvalue weighted by Gasteiger charge is 2.36. The summed E-state index contributed by atoms with van der Waals surface area (Å²) in [5.41, 5.74) is 1.62. The van der Waals surface area contributed by atoms with E-state index < -0.39 is 18.4 Å². The molecule has 2 heterocycles. The smallest absolute Gasteiger partial charge is 0.467 e. The lowest BCUT2D eigenvalue weighted by molar-refractivity contribution is -0.274. The highest BCUT2D eigenvalue weighted by atomic mass is 19.4. The third-order valence-electron chi connectivity index (χ3n) is 3.68. The van der Waals surface area contributed by atoms with Crippen molar-refractivity contribution >= 4 is 17.4 Å². The van der Waals surface area contributed by atoms with E-state index in [9.17, 15) is 18.0 Å². The molecule has 0 spiro atoms. The van der Waals surface area contributed by atoms with Gasteiger partial charge in [-0.05, 0) is 36.4 Å². The average Bonchev–Trinajstić information content (AvgIpc) is 3.06. The number of rotatable bonds is 4. The number of hydrogen-bond acceptors (Lipinski definition) is 6. The van der Waals surface area contributed by atoms with Gasteiger partial charge in [-0.3, -0.25) is 9.99 Å². The van der Waals surface area contributed by atoms with Gasteiger partial charge in [0.25, 0.3) is 0 Å².